The maximum atomic E-state index is 12.9. The van der Waals surface area contributed by atoms with Gasteiger partial charge in [-0.1, -0.05) is 35.0 Å². The zero-order chi connectivity index (χ0) is 19.4. The van der Waals surface area contributed by atoms with Crippen LogP contribution in [-0.2, 0) is 14.3 Å². The van der Waals surface area contributed by atoms with E-state index in [0.29, 0.717) is 18.6 Å². The van der Waals surface area contributed by atoms with Gasteiger partial charge >= 0.3 is 5.97 Å². The van der Waals surface area contributed by atoms with Crippen LogP contribution in [0.15, 0.2) is 51.3 Å². The van der Waals surface area contributed by atoms with E-state index in [1.54, 1.807) is 11.8 Å². The number of rotatable bonds is 6. The van der Waals surface area contributed by atoms with Crippen LogP contribution in [0.4, 0.5) is 0 Å². The standard InChI is InChI=1S/C21H24BrNO3S/c1-3-27-11-10-26-21(25)18-13(2)23-16-8-5-9-17(24)20(16)19(18)14-6-4-7-15(22)12-14/h4,6-7,12,19,23H,3,5,8-11H2,1-2H3. The van der Waals surface area contributed by atoms with E-state index >= 15 is 0 Å². The number of ketones is 1. The molecule has 0 aromatic heterocycles. The average Bonchev–Trinajstić information content (AvgIpc) is 2.64. The Morgan fingerprint density at radius 2 is 2.19 bits per heavy atom. The summed E-state index contributed by atoms with van der Waals surface area (Å²) in [6.07, 6.45) is 2.20. The minimum atomic E-state index is -0.377. The molecule has 3 rings (SSSR count). The van der Waals surface area contributed by atoms with Crippen LogP contribution in [0, 0.1) is 0 Å². The Balaban J connectivity index is 1.99. The van der Waals surface area contributed by atoms with Crippen LogP contribution in [-0.4, -0.2) is 29.9 Å². The van der Waals surface area contributed by atoms with Gasteiger partial charge in [0.05, 0.1) is 5.57 Å². The number of dihydropyridines is 1. The highest BCUT2D eigenvalue weighted by Crippen LogP contribution is 2.42. The summed E-state index contributed by atoms with van der Waals surface area (Å²) in [5.74, 6) is 1.17. The second kappa shape index (κ2) is 9.11. The van der Waals surface area contributed by atoms with E-state index < -0.39 is 0 Å². The van der Waals surface area contributed by atoms with Crippen molar-refractivity contribution in [2.75, 3.05) is 18.1 Å². The fourth-order valence-corrected chi connectivity index (χ4v) is 4.60. The van der Waals surface area contributed by atoms with Crippen LogP contribution >= 0.6 is 27.7 Å². The topological polar surface area (TPSA) is 55.4 Å². The van der Waals surface area contributed by atoms with E-state index in [-0.39, 0.29) is 17.7 Å². The third-order valence-corrected chi connectivity index (χ3v) is 6.20. The van der Waals surface area contributed by atoms with E-state index in [1.165, 1.54) is 0 Å². The Labute approximate surface area is 172 Å². The molecule has 1 aromatic rings. The van der Waals surface area contributed by atoms with Gasteiger partial charge in [-0.3, -0.25) is 4.79 Å². The lowest BCUT2D eigenvalue weighted by Crippen LogP contribution is -2.34. The molecule has 0 saturated heterocycles. The first-order chi connectivity index (χ1) is 13.0. The monoisotopic (exact) mass is 449 g/mol. The van der Waals surface area contributed by atoms with Crippen molar-refractivity contribution >= 4 is 39.4 Å². The molecular formula is C21H24BrNO3S. The molecule has 1 unspecified atom stereocenters. The molecule has 1 atom stereocenters. The lowest BCUT2D eigenvalue weighted by molar-refractivity contribution is -0.138. The molecule has 1 aliphatic carbocycles. The van der Waals surface area contributed by atoms with Crippen molar-refractivity contribution in [3.05, 3.63) is 56.8 Å². The van der Waals surface area contributed by atoms with E-state index in [2.05, 4.69) is 28.2 Å². The fourth-order valence-electron chi connectivity index (χ4n) is 3.69. The molecule has 1 aliphatic heterocycles. The summed E-state index contributed by atoms with van der Waals surface area (Å²) in [6.45, 7) is 4.35. The van der Waals surface area contributed by atoms with Crippen LogP contribution in [0.2, 0.25) is 0 Å². The second-order valence-electron chi connectivity index (χ2n) is 6.65. The Bertz CT molecular complexity index is 815. The molecule has 4 nitrogen and oxygen atoms in total. The molecule has 1 aromatic carbocycles. The molecule has 144 valence electrons. The number of halogens is 1. The number of esters is 1. The van der Waals surface area contributed by atoms with Gasteiger partial charge in [-0.2, -0.15) is 11.8 Å². The maximum Gasteiger partial charge on any atom is 0.336 e. The highest BCUT2D eigenvalue weighted by Gasteiger charge is 2.39. The third-order valence-electron chi connectivity index (χ3n) is 4.84. The third kappa shape index (κ3) is 4.49. The Morgan fingerprint density at radius 3 is 2.93 bits per heavy atom. The number of hydrogen-bond donors (Lipinski definition) is 1. The van der Waals surface area contributed by atoms with Gasteiger partial charge in [0, 0.05) is 39.5 Å². The molecule has 0 fully saturated rings. The van der Waals surface area contributed by atoms with E-state index in [9.17, 15) is 9.59 Å². The normalized spacial score (nSPS) is 19.7. The SMILES string of the molecule is CCSCCOC(=O)C1=C(C)NC2=C(C(=O)CCC2)C1c1cccc(Br)c1. The Kier molecular flexibility index (Phi) is 6.82. The summed E-state index contributed by atoms with van der Waals surface area (Å²) < 4.78 is 6.47. The number of nitrogens with one attached hydrogen (secondary N) is 1. The quantitative estimate of drug-likeness (QED) is 0.503. The van der Waals surface area contributed by atoms with Gasteiger partial charge in [0.2, 0.25) is 0 Å². The molecule has 0 saturated carbocycles. The van der Waals surface area contributed by atoms with Gasteiger partial charge in [0.15, 0.2) is 5.78 Å². The van der Waals surface area contributed by atoms with Crippen LogP contribution in [0.25, 0.3) is 0 Å². The molecule has 6 heteroatoms. The number of hydrogen-bond acceptors (Lipinski definition) is 5. The number of ether oxygens (including phenoxy) is 1. The average molecular weight is 450 g/mol. The molecule has 0 bridgehead atoms. The van der Waals surface area contributed by atoms with E-state index in [0.717, 1.165) is 51.4 Å². The molecule has 1 heterocycles. The second-order valence-corrected chi connectivity index (χ2v) is 8.96. The summed E-state index contributed by atoms with van der Waals surface area (Å²) in [6, 6.07) is 7.83. The van der Waals surface area contributed by atoms with Crippen LogP contribution in [0.1, 0.15) is 44.6 Å². The zero-order valence-corrected chi connectivity index (χ0v) is 18.0. The van der Waals surface area contributed by atoms with Crippen molar-refractivity contribution in [2.45, 2.75) is 39.0 Å². The first-order valence-corrected chi connectivity index (χ1v) is 11.2. The summed E-state index contributed by atoms with van der Waals surface area (Å²) in [4.78, 5) is 25.7. The van der Waals surface area contributed by atoms with Crippen molar-refractivity contribution in [1.82, 2.24) is 5.32 Å². The number of allylic oxidation sites excluding steroid dienone is 3. The lowest BCUT2D eigenvalue weighted by atomic mass is 9.75. The van der Waals surface area contributed by atoms with Gasteiger partial charge in [-0.25, -0.2) is 4.79 Å². The van der Waals surface area contributed by atoms with Crippen molar-refractivity contribution in [2.24, 2.45) is 0 Å². The molecule has 2 aliphatic rings. The molecule has 1 N–H and O–H groups in total. The Morgan fingerprint density at radius 1 is 1.37 bits per heavy atom. The van der Waals surface area contributed by atoms with Crippen molar-refractivity contribution in [3.63, 3.8) is 0 Å². The van der Waals surface area contributed by atoms with E-state index in [4.69, 9.17) is 4.74 Å². The van der Waals surface area contributed by atoms with Gasteiger partial charge in [0.1, 0.15) is 6.61 Å². The summed E-state index contributed by atoms with van der Waals surface area (Å²) in [5, 5.41) is 3.32. The molecule has 0 amide bonds. The Hall–Kier alpha value is -1.53. The van der Waals surface area contributed by atoms with Crippen molar-refractivity contribution in [1.29, 1.82) is 0 Å². The number of carbonyl (C=O) groups is 2. The van der Waals surface area contributed by atoms with E-state index in [1.807, 2.05) is 31.2 Å². The maximum absolute atomic E-state index is 12.9. The number of thioether (sulfide) groups is 1. The zero-order valence-electron chi connectivity index (χ0n) is 15.6. The fraction of sp³-hybridized carbons (Fsp3) is 0.429. The van der Waals surface area contributed by atoms with Crippen molar-refractivity contribution in [3.8, 4) is 0 Å². The summed E-state index contributed by atoms with van der Waals surface area (Å²) in [5.41, 5.74) is 3.93. The van der Waals surface area contributed by atoms with Crippen LogP contribution in [0.5, 0.6) is 0 Å². The molecular weight excluding hydrogens is 426 g/mol. The largest absolute Gasteiger partial charge is 0.461 e. The molecule has 0 radical (unpaired) electrons. The predicted molar refractivity (Wildman–Crippen MR) is 113 cm³/mol. The van der Waals surface area contributed by atoms with Crippen LogP contribution in [0.3, 0.4) is 0 Å². The minimum Gasteiger partial charge on any atom is -0.461 e. The lowest BCUT2D eigenvalue weighted by Gasteiger charge is -2.34. The number of benzene rings is 1. The van der Waals surface area contributed by atoms with Crippen molar-refractivity contribution < 1.29 is 14.3 Å². The summed E-state index contributed by atoms with van der Waals surface area (Å²) in [7, 11) is 0. The number of Topliss-reactive ketones (excluding diaryl/α,β-unsaturated/α-hetero) is 1. The minimum absolute atomic E-state index is 0.119. The highest BCUT2D eigenvalue weighted by atomic mass is 79.9. The first-order valence-electron chi connectivity index (χ1n) is 9.27. The van der Waals surface area contributed by atoms with Crippen LogP contribution < -0.4 is 5.32 Å². The van der Waals surface area contributed by atoms with Gasteiger partial charge in [-0.15, -0.1) is 0 Å². The predicted octanol–water partition coefficient (Wildman–Crippen LogP) is 4.71. The van der Waals surface area contributed by atoms with Gasteiger partial charge in [-0.05, 0) is 43.2 Å². The summed E-state index contributed by atoms with van der Waals surface area (Å²) >= 11 is 5.25. The number of carbonyl (C=O) groups excluding carboxylic acids is 2. The highest BCUT2D eigenvalue weighted by molar-refractivity contribution is 9.10. The van der Waals surface area contributed by atoms with Gasteiger partial charge in [0.25, 0.3) is 0 Å². The molecule has 0 spiro atoms. The van der Waals surface area contributed by atoms with Gasteiger partial charge < -0.3 is 10.1 Å². The first kappa shape index (κ1) is 20.2. The smallest absolute Gasteiger partial charge is 0.336 e. The molecule has 27 heavy (non-hydrogen) atoms.